The van der Waals surface area contributed by atoms with Gasteiger partial charge in [-0.2, -0.15) is 0 Å². The topological polar surface area (TPSA) is 56.0 Å². The number of aromatic hydroxyl groups is 1. The van der Waals surface area contributed by atoms with E-state index in [-0.39, 0.29) is 15.8 Å². The summed E-state index contributed by atoms with van der Waals surface area (Å²) in [6.45, 7) is 8.81. The van der Waals surface area contributed by atoms with E-state index in [2.05, 4.69) is 58.2 Å². The highest BCUT2D eigenvalue weighted by molar-refractivity contribution is 6.37. The van der Waals surface area contributed by atoms with Gasteiger partial charge in [-0.25, -0.2) is 4.98 Å². The lowest BCUT2D eigenvalue weighted by atomic mass is 10.1. The Morgan fingerprint density at radius 2 is 1.62 bits per heavy atom. The molecule has 0 bridgehead atoms. The molecule has 0 saturated carbocycles. The Bertz CT molecular complexity index is 1290. The maximum Gasteiger partial charge on any atom is 0.161 e. The summed E-state index contributed by atoms with van der Waals surface area (Å²) >= 11 is 12.3. The summed E-state index contributed by atoms with van der Waals surface area (Å²) in [7, 11) is 0. The van der Waals surface area contributed by atoms with Gasteiger partial charge in [0.15, 0.2) is 11.4 Å². The summed E-state index contributed by atoms with van der Waals surface area (Å²) in [6, 6.07) is 16.5. The van der Waals surface area contributed by atoms with Crippen LogP contribution in [-0.4, -0.2) is 51.6 Å². The monoisotopic (exact) mass is 495 g/mol. The first-order chi connectivity index (χ1) is 16.4. The van der Waals surface area contributed by atoms with Crippen molar-refractivity contribution in [3.05, 3.63) is 71.0 Å². The van der Waals surface area contributed by atoms with Crippen LogP contribution in [0, 0.1) is 0 Å². The third-order valence-electron chi connectivity index (χ3n) is 6.42. The van der Waals surface area contributed by atoms with Gasteiger partial charge in [-0.05, 0) is 62.4 Å². The maximum atomic E-state index is 9.90. The molecule has 0 amide bonds. The molecule has 0 unspecified atom stereocenters. The van der Waals surface area contributed by atoms with Crippen LogP contribution < -0.4 is 10.2 Å². The van der Waals surface area contributed by atoms with Gasteiger partial charge in [-0.3, -0.25) is 9.30 Å². The third-order valence-corrected chi connectivity index (χ3v) is 6.99. The van der Waals surface area contributed by atoms with Crippen LogP contribution in [0.3, 0.4) is 0 Å². The molecule has 1 aliphatic heterocycles. The number of aromatic nitrogens is 2. The number of fused-ring (bicyclic) bond motifs is 1. The van der Waals surface area contributed by atoms with Crippen molar-refractivity contribution in [1.82, 2.24) is 14.3 Å². The van der Waals surface area contributed by atoms with Gasteiger partial charge in [0.2, 0.25) is 0 Å². The molecule has 0 radical (unpaired) electrons. The van der Waals surface area contributed by atoms with E-state index in [0.29, 0.717) is 6.04 Å². The molecule has 4 aromatic rings. The van der Waals surface area contributed by atoms with Crippen LogP contribution >= 0.6 is 23.2 Å². The molecule has 2 aromatic carbocycles. The van der Waals surface area contributed by atoms with Crippen LogP contribution in [0.1, 0.15) is 13.8 Å². The number of nitrogens with one attached hydrogen (secondary N) is 1. The second-order valence-corrected chi connectivity index (χ2v) is 9.64. The predicted octanol–water partition coefficient (Wildman–Crippen LogP) is 6.29. The van der Waals surface area contributed by atoms with Gasteiger partial charge in [0.25, 0.3) is 0 Å². The van der Waals surface area contributed by atoms with E-state index >= 15 is 0 Å². The van der Waals surface area contributed by atoms with Gasteiger partial charge in [-0.1, -0.05) is 23.2 Å². The summed E-state index contributed by atoms with van der Waals surface area (Å²) in [5, 5.41) is 13.8. The fraction of sp³-hybridized carbons (Fsp3) is 0.269. The van der Waals surface area contributed by atoms with Crippen molar-refractivity contribution in [3.8, 4) is 17.0 Å². The number of phenolic OH excluding ortho intramolecular Hbond substituents is 1. The van der Waals surface area contributed by atoms with Crippen molar-refractivity contribution in [2.24, 2.45) is 0 Å². The van der Waals surface area contributed by atoms with Gasteiger partial charge in [0, 0.05) is 61.6 Å². The minimum atomic E-state index is -0.113. The van der Waals surface area contributed by atoms with E-state index in [0.717, 1.165) is 54.5 Å². The lowest BCUT2D eigenvalue weighted by Crippen LogP contribution is -2.48. The Hall–Kier alpha value is -2.93. The molecule has 1 aliphatic rings. The lowest BCUT2D eigenvalue weighted by Gasteiger charge is -2.38. The number of hydrogen-bond donors (Lipinski definition) is 2. The number of hydrogen-bond acceptors (Lipinski definition) is 5. The molecule has 176 valence electrons. The Labute approximate surface area is 209 Å². The van der Waals surface area contributed by atoms with E-state index in [1.54, 1.807) is 18.3 Å². The summed E-state index contributed by atoms with van der Waals surface area (Å²) < 4.78 is 1.98. The molecular formula is C26H27Cl2N5O. The molecule has 2 N–H and O–H groups in total. The average Bonchev–Trinajstić information content (AvgIpc) is 3.33. The molecule has 0 aliphatic carbocycles. The van der Waals surface area contributed by atoms with Crippen molar-refractivity contribution in [1.29, 1.82) is 0 Å². The van der Waals surface area contributed by atoms with Crippen molar-refractivity contribution in [3.63, 3.8) is 0 Å². The van der Waals surface area contributed by atoms with Gasteiger partial charge in [-0.15, -0.1) is 0 Å². The van der Waals surface area contributed by atoms with E-state index in [1.165, 1.54) is 5.69 Å². The second kappa shape index (κ2) is 9.37. The fourth-order valence-corrected chi connectivity index (χ4v) is 4.96. The molecule has 34 heavy (non-hydrogen) atoms. The molecule has 5 rings (SSSR count). The molecule has 0 spiro atoms. The lowest BCUT2D eigenvalue weighted by molar-refractivity contribution is 0.209. The smallest absolute Gasteiger partial charge is 0.161 e. The number of rotatable bonds is 5. The molecule has 1 saturated heterocycles. The predicted molar refractivity (Wildman–Crippen MR) is 141 cm³/mol. The number of piperazine rings is 1. The highest BCUT2D eigenvalue weighted by atomic mass is 35.5. The van der Waals surface area contributed by atoms with E-state index < -0.39 is 0 Å². The number of imidazole rings is 1. The highest BCUT2D eigenvalue weighted by Gasteiger charge is 2.19. The average molecular weight is 496 g/mol. The summed E-state index contributed by atoms with van der Waals surface area (Å²) in [5.74, 6) is -0.113. The van der Waals surface area contributed by atoms with Crippen LogP contribution in [0.25, 0.3) is 16.9 Å². The molecule has 1 fully saturated rings. The second-order valence-electron chi connectivity index (χ2n) is 8.83. The van der Waals surface area contributed by atoms with Crippen molar-refractivity contribution in [2.75, 3.05) is 36.4 Å². The quantitative estimate of drug-likeness (QED) is 0.340. The number of phenols is 1. The SMILES string of the molecule is CC(C)N1CCN(c2ccc(Nc3ccc(-c4cc(Cl)c(O)c(Cl)c4)n4ccnc34)cc2)CC1. The first-order valence-corrected chi connectivity index (χ1v) is 12.2. The summed E-state index contributed by atoms with van der Waals surface area (Å²) in [6.07, 6.45) is 3.65. The largest absolute Gasteiger partial charge is 0.505 e. The van der Waals surface area contributed by atoms with Crippen molar-refractivity contribution < 1.29 is 5.11 Å². The first kappa shape index (κ1) is 22.8. The Balaban J connectivity index is 1.36. The number of halogens is 2. The first-order valence-electron chi connectivity index (χ1n) is 11.4. The Morgan fingerprint density at radius 1 is 0.941 bits per heavy atom. The Kier molecular flexibility index (Phi) is 6.30. The van der Waals surface area contributed by atoms with Crippen LogP contribution in [0.2, 0.25) is 10.0 Å². The molecule has 6 nitrogen and oxygen atoms in total. The van der Waals surface area contributed by atoms with E-state index in [4.69, 9.17) is 23.2 Å². The number of anilines is 3. The molecular weight excluding hydrogens is 469 g/mol. The maximum absolute atomic E-state index is 9.90. The molecule has 2 aromatic heterocycles. The molecule has 8 heteroatoms. The number of benzene rings is 2. The van der Waals surface area contributed by atoms with Crippen LogP contribution in [0.5, 0.6) is 5.75 Å². The van der Waals surface area contributed by atoms with Crippen molar-refractivity contribution in [2.45, 2.75) is 19.9 Å². The molecule has 0 atom stereocenters. The van der Waals surface area contributed by atoms with Crippen LogP contribution in [-0.2, 0) is 0 Å². The fourth-order valence-electron chi connectivity index (χ4n) is 4.47. The molecule has 3 heterocycles. The van der Waals surface area contributed by atoms with Crippen molar-refractivity contribution >= 4 is 45.9 Å². The van der Waals surface area contributed by atoms with E-state index in [9.17, 15) is 5.11 Å². The third kappa shape index (κ3) is 4.41. The summed E-state index contributed by atoms with van der Waals surface area (Å²) in [4.78, 5) is 9.51. The minimum absolute atomic E-state index is 0.113. The van der Waals surface area contributed by atoms with Crippen LogP contribution in [0.4, 0.5) is 17.1 Å². The zero-order valence-electron chi connectivity index (χ0n) is 19.2. The zero-order valence-corrected chi connectivity index (χ0v) is 20.7. The Morgan fingerprint density at radius 3 is 2.26 bits per heavy atom. The normalized spacial score (nSPS) is 14.8. The summed E-state index contributed by atoms with van der Waals surface area (Å²) in [5.41, 5.74) is 5.59. The number of nitrogens with zero attached hydrogens (tertiary/aromatic N) is 4. The number of pyridine rings is 1. The van der Waals surface area contributed by atoms with Gasteiger partial charge >= 0.3 is 0 Å². The standard InChI is InChI=1S/C26H27Cl2N5O/c1-17(2)31-11-13-32(14-12-31)20-5-3-19(4-6-20)30-23-7-8-24(33-10-9-29-26(23)33)18-15-21(27)25(34)22(28)16-18/h3-10,15-17,30,34H,11-14H2,1-2H3. The highest BCUT2D eigenvalue weighted by Crippen LogP contribution is 2.37. The van der Waals surface area contributed by atoms with Gasteiger partial charge < -0.3 is 15.3 Å². The van der Waals surface area contributed by atoms with Gasteiger partial charge in [0.1, 0.15) is 0 Å². The zero-order chi connectivity index (χ0) is 23.8. The van der Waals surface area contributed by atoms with Gasteiger partial charge in [0.05, 0.1) is 21.4 Å². The van der Waals surface area contributed by atoms with Crippen LogP contribution in [0.15, 0.2) is 60.9 Å². The van der Waals surface area contributed by atoms with E-state index in [1.807, 2.05) is 22.7 Å². The minimum Gasteiger partial charge on any atom is -0.505 e.